The quantitative estimate of drug-likeness (QED) is 0.147. The molecule has 0 saturated heterocycles. The van der Waals surface area contributed by atoms with Gasteiger partial charge in [0, 0.05) is 15.6 Å². The molecule has 3 rings (SSSR count). The van der Waals surface area contributed by atoms with E-state index < -0.39 is 17.8 Å². The van der Waals surface area contributed by atoms with Crippen LogP contribution in [0.3, 0.4) is 0 Å². The van der Waals surface area contributed by atoms with Crippen molar-refractivity contribution in [3.8, 4) is 23.0 Å². The highest BCUT2D eigenvalue weighted by Crippen LogP contribution is 2.38. The van der Waals surface area contributed by atoms with Crippen molar-refractivity contribution >= 4 is 55.9 Å². The van der Waals surface area contributed by atoms with Gasteiger partial charge in [-0.3, -0.25) is 9.59 Å². The van der Waals surface area contributed by atoms with Crippen molar-refractivity contribution in [1.82, 2.24) is 10.7 Å². The fraction of sp³-hybridized carbons (Fsp3) is 0.167. The molecule has 0 bridgehead atoms. The molecule has 0 spiro atoms. The Balaban J connectivity index is 1.64. The summed E-state index contributed by atoms with van der Waals surface area (Å²) in [6.45, 7) is -0.366. The number of hydrazone groups is 1. The molecule has 0 saturated carbocycles. The van der Waals surface area contributed by atoms with Gasteiger partial charge in [-0.1, -0.05) is 15.9 Å². The standard InChI is InChI=1S/C24H21Br2N3O8/c1-33-18-8-13(9-19(34-2)22(18)35-3)23(31)27-12-20(30)29-28-11-14-7-15(25)10-16(26)21(14)37-24(32)17-5-4-6-36-17/h4-11H,12H2,1-3H3,(H,27,31)(H,29,30)/b28-11+. The number of rotatable bonds is 10. The van der Waals surface area contributed by atoms with Gasteiger partial charge in [0.2, 0.25) is 11.5 Å². The van der Waals surface area contributed by atoms with Crippen LogP contribution in [0.2, 0.25) is 0 Å². The van der Waals surface area contributed by atoms with Crippen LogP contribution in [0.5, 0.6) is 23.0 Å². The summed E-state index contributed by atoms with van der Waals surface area (Å²) in [5.41, 5.74) is 2.88. The Labute approximate surface area is 228 Å². The van der Waals surface area contributed by atoms with Gasteiger partial charge >= 0.3 is 5.97 Å². The van der Waals surface area contributed by atoms with Gasteiger partial charge < -0.3 is 28.7 Å². The minimum absolute atomic E-state index is 0.0221. The molecule has 11 nitrogen and oxygen atoms in total. The number of halogens is 2. The minimum atomic E-state index is -0.707. The third kappa shape index (κ3) is 7.11. The van der Waals surface area contributed by atoms with Crippen LogP contribution < -0.4 is 29.7 Å². The van der Waals surface area contributed by atoms with E-state index in [0.29, 0.717) is 31.8 Å². The molecular weight excluding hydrogens is 618 g/mol. The first-order chi connectivity index (χ1) is 17.8. The van der Waals surface area contributed by atoms with Gasteiger partial charge in [-0.2, -0.15) is 5.10 Å². The predicted octanol–water partition coefficient (Wildman–Crippen LogP) is 3.93. The lowest BCUT2D eigenvalue weighted by atomic mass is 10.1. The lowest BCUT2D eigenvalue weighted by Gasteiger charge is -2.14. The number of methoxy groups -OCH3 is 3. The molecule has 0 aliphatic carbocycles. The van der Waals surface area contributed by atoms with Crippen molar-refractivity contribution < 1.29 is 37.7 Å². The van der Waals surface area contributed by atoms with E-state index in [9.17, 15) is 14.4 Å². The summed E-state index contributed by atoms with van der Waals surface area (Å²) < 4.78 is 27.3. The number of amides is 2. The molecule has 13 heteroatoms. The second kappa shape index (κ2) is 12.9. The van der Waals surface area contributed by atoms with Gasteiger partial charge in [0.05, 0.1) is 44.8 Å². The molecule has 0 radical (unpaired) electrons. The van der Waals surface area contributed by atoms with Crippen molar-refractivity contribution in [3.05, 3.63) is 68.5 Å². The molecular formula is C24H21Br2N3O8. The first-order valence-corrected chi connectivity index (χ1v) is 12.0. The molecule has 2 N–H and O–H groups in total. The maximum Gasteiger partial charge on any atom is 0.379 e. The van der Waals surface area contributed by atoms with Gasteiger partial charge in [-0.15, -0.1) is 0 Å². The number of hydrogen-bond acceptors (Lipinski definition) is 9. The summed E-state index contributed by atoms with van der Waals surface area (Å²) in [7, 11) is 4.30. The number of nitrogens with zero attached hydrogens (tertiary/aromatic N) is 1. The Kier molecular flexibility index (Phi) is 9.69. The van der Waals surface area contributed by atoms with E-state index in [1.54, 1.807) is 18.2 Å². The molecule has 2 aromatic carbocycles. The normalized spacial score (nSPS) is 10.6. The van der Waals surface area contributed by atoms with E-state index in [2.05, 4.69) is 47.7 Å². The molecule has 0 aliphatic rings. The molecule has 0 fully saturated rings. The van der Waals surface area contributed by atoms with Gasteiger partial charge in [0.15, 0.2) is 17.2 Å². The first kappa shape index (κ1) is 27.7. The minimum Gasteiger partial charge on any atom is -0.493 e. The summed E-state index contributed by atoms with van der Waals surface area (Å²) in [4.78, 5) is 37.1. The Morgan fingerprint density at radius 2 is 1.70 bits per heavy atom. The van der Waals surface area contributed by atoms with Crippen molar-refractivity contribution in [3.63, 3.8) is 0 Å². The average Bonchev–Trinajstić information content (AvgIpc) is 3.43. The largest absolute Gasteiger partial charge is 0.493 e. The fourth-order valence-corrected chi connectivity index (χ4v) is 4.35. The van der Waals surface area contributed by atoms with Gasteiger partial charge in [0.1, 0.15) is 0 Å². The number of ether oxygens (including phenoxy) is 4. The summed E-state index contributed by atoms with van der Waals surface area (Å²) >= 11 is 6.70. The summed E-state index contributed by atoms with van der Waals surface area (Å²) in [5.74, 6) is -0.730. The zero-order valence-electron chi connectivity index (χ0n) is 19.8. The van der Waals surface area contributed by atoms with Crippen molar-refractivity contribution in [1.29, 1.82) is 0 Å². The monoisotopic (exact) mass is 637 g/mol. The molecule has 2 amide bonds. The topological polar surface area (TPSA) is 138 Å². The third-order valence-corrected chi connectivity index (χ3v) is 5.73. The Morgan fingerprint density at radius 3 is 2.30 bits per heavy atom. The number of carbonyl (C=O) groups excluding carboxylic acids is 3. The molecule has 1 heterocycles. The lowest BCUT2D eigenvalue weighted by molar-refractivity contribution is -0.120. The average molecular weight is 639 g/mol. The van der Waals surface area contributed by atoms with E-state index in [-0.39, 0.29) is 23.6 Å². The maximum absolute atomic E-state index is 12.6. The van der Waals surface area contributed by atoms with Crippen LogP contribution in [0.4, 0.5) is 0 Å². The molecule has 37 heavy (non-hydrogen) atoms. The number of esters is 1. The second-order valence-electron chi connectivity index (χ2n) is 7.06. The second-order valence-corrected chi connectivity index (χ2v) is 8.83. The Hall–Kier alpha value is -3.84. The first-order valence-electron chi connectivity index (χ1n) is 10.4. The Morgan fingerprint density at radius 1 is 1.00 bits per heavy atom. The number of furan rings is 1. The molecule has 3 aromatic rings. The van der Waals surface area contributed by atoms with E-state index in [1.807, 2.05) is 0 Å². The SMILES string of the molecule is COc1cc(C(=O)NCC(=O)N/N=C/c2cc(Br)cc(Br)c2OC(=O)c2ccco2)cc(OC)c1OC. The smallest absolute Gasteiger partial charge is 0.379 e. The maximum atomic E-state index is 12.6. The summed E-state index contributed by atoms with van der Waals surface area (Å²) in [6, 6.07) is 9.27. The van der Waals surface area contributed by atoms with Crippen molar-refractivity contribution in [2.45, 2.75) is 0 Å². The highest BCUT2D eigenvalue weighted by molar-refractivity contribution is 9.11. The van der Waals surface area contributed by atoms with E-state index in [1.165, 1.54) is 52.0 Å². The van der Waals surface area contributed by atoms with Crippen LogP contribution in [0.25, 0.3) is 0 Å². The third-order valence-electron chi connectivity index (χ3n) is 4.68. The van der Waals surface area contributed by atoms with E-state index in [0.717, 1.165) is 0 Å². The number of hydrogen-bond donors (Lipinski definition) is 2. The number of benzene rings is 2. The molecule has 194 valence electrons. The van der Waals surface area contributed by atoms with Gasteiger partial charge in [-0.25, -0.2) is 10.2 Å². The van der Waals surface area contributed by atoms with Crippen LogP contribution in [0, 0.1) is 0 Å². The number of carbonyl (C=O) groups is 3. The van der Waals surface area contributed by atoms with E-state index >= 15 is 0 Å². The molecule has 0 aliphatic heterocycles. The summed E-state index contributed by atoms with van der Waals surface area (Å²) in [5, 5.41) is 6.38. The Bertz CT molecular complexity index is 1300. The summed E-state index contributed by atoms with van der Waals surface area (Å²) in [6.07, 6.45) is 2.64. The van der Waals surface area contributed by atoms with Crippen LogP contribution in [0.1, 0.15) is 26.5 Å². The molecule has 1 aromatic heterocycles. The van der Waals surface area contributed by atoms with Crippen molar-refractivity contribution in [2.24, 2.45) is 5.10 Å². The fourth-order valence-electron chi connectivity index (χ4n) is 3.01. The lowest BCUT2D eigenvalue weighted by Crippen LogP contribution is -2.35. The molecule has 0 unspecified atom stereocenters. The van der Waals surface area contributed by atoms with Crippen LogP contribution in [-0.4, -0.2) is 51.9 Å². The van der Waals surface area contributed by atoms with Crippen LogP contribution >= 0.6 is 31.9 Å². The van der Waals surface area contributed by atoms with Crippen molar-refractivity contribution in [2.75, 3.05) is 27.9 Å². The zero-order valence-corrected chi connectivity index (χ0v) is 23.0. The van der Waals surface area contributed by atoms with E-state index in [4.69, 9.17) is 23.4 Å². The highest BCUT2D eigenvalue weighted by atomic mass is 79.9. The van der Waals surface area contributed by atoms with Crippen LogP contribution in [0.15, 0.2) is 61.1 Å². The number of nitrogens with one attached hydrogen (secondary N) is 2. The van der Waals surface area contributed by atoms with Gasteiger partial charge in [-0.05, 0) is 52.3 Å². The van der Waals surface area contributed by atoms with Crippen LogP contribution in [-0.2, 0) is 4.79 Å². The predicted molar refractivity (Wildman–Crippen MR) is 140 cm³/mol. The van der Waals surface area contributed by atoms with Gasteiger partial charge in [0.25, 0.3) is 11.8 Å². The molecule has 0 atom stereocenters. The zero-order chi connectivity index (χ0) is 26.9. The highest BCUT2D eigenvalue weighted by Gasteiger charge is 2.19.